The van der Waals surface area contributed by atoms with Crippen molar-refractivity contribution in [3.05, 3.63) is 78.6 Å². The predicted octanol–water partition coefficient (Wildman–Crippen LogP) is 4.25. The van der Waals surface area contributed by atoms with Gasteiger partial charge in [0.2, 0.25) is 0 Å². The Morgan fingerprint density at radius 3 is 2.32 bits per heavy atom. The Morgan fingerprint density at radius 1 is 0.840 bits per heavy atom. The number of furan rings is 1. The zero-order valence-corrected chi connectivity index (χ0v) is 13.0. The molecule has 1 amide bonds. The molecule has 0 unspecified atom stereocenters. The van der Waals surface area contributed by atoms with Crippen molar-refractivity contribution in [3.8, 4) is 22.8 Å². The van der Waals surface area contributed by atoms with Crippen molar-refractivity contribution in [3.63, 3.8) is 0 Å². The van der Waals surface area contributed by atoms with E-state index in [0.29, 0.717) is 11.3 Å². The highest BCUT2D eigenvalue weighted by atomic mass is 16.4. The summed E-state index contributed by atoms with van der Waals surface area (Å²) in [6.45, 7) is 0. The summed E-state index contributed by atoms with van der Waals surface area (Å²) in [7, 11) is 0. The lowest BCUT2D eigenvalue weighted by Crippen LogP contribution is -2.11. The summed E-state index contributed by atoms with van der Waals surface area (Å²) in [5.74, 6) is 0.328. The summed E-state index contributed by atoms with van der Waals surface area (Å²) < 4.78 is 10.5. The molecule has 4 aromatic rings. The van der Waals surface area contributed by atoms with E-state index in [1.165, 1.54) is 6.26 Å². The summed E-state index contributed by atoms with van der Waals surface area (Å²) >= 11 is 0. The normalized spacial score (nSPS) is 10.6. The first-order valence-electron chi connectivity index (χ1n) is 7.64. The van der Waals surface area contributed by atoms with Crippen LogP contribution in [0.2, 0.25) is 0 Å². The highest BCUT2D eigenvalue weighted by molar-refractivity contribution is 6.03. The molecule has 0 radical (unpaired) electrons. The van der Waals surface area contributed by atoms with Gasteiger partial charge in [0, 0.05) is 5.56 Å². The van der Waals surface area contributed by atoms with Crippen LogP contribution < -0.4 is 5.32 Å². The molecule has 2 aromatic heterocycles. The van der Waals surface area contributed by atoms with E-state index in [4.69, 9.17) is 8.83 Å². The Kier molecular flexibility index (Phi) is 3.84. The Bertz CT molecular complexity index is 974. The van der Waals surface area contributed by atoms with Gasteiger partial charge in [-0.3, -0.25) is 10.1 Å². The number of benzene rings is 2. The van der Waals surface area contributed by atoms with Crippen LogP contribution in [-0.2, 0) is 0 Å². The molecule has 6 heteroatoms. The van der Waals surface area contributed by atoms with Crippen LogP contribution >= 0.6 is 0 Å². The third-order valence-corrected chi connectivity index (χ3v) is 3.63. The van der Waals surface area contributed by atoms with Crippen molar-refractivity contribution in [2.45, 2.75) is 0 Å². The zero-order valence-electron chi connectivity index (χ0n) is 13.0. The lowest BCUT2D eigenvalue weighted by Gasteiger charge is -2.04. The van der Waals surface area contributed by atoms with Gasteiger partial charge in [0.05, 0.1) is 6.26 Å². The number of carbonyl (C=O) groups is 1. The third kappa shape index (κ3) is 3.18. The molecule has 0 aliphatic rings. The Balaban J connectivity index is 1.48. The number of nitrogens with zero attached hydrogens (tertiary/aromatic N) is 2. The van der Waals surface area contributed by atoms with Crippen LogP contribution in [0, 0.1) is 0 Å². The van der Waals surface area contributed by atoms with Gasteiger partial charge in [0.1, 0.15) is 0 Å². The fraction of sp³-hybridized carbons (Fsp3) is 0. The number of carbonyl (C=O) groups excluding carboxylic acids is 1. The number of amides is 1. The maximum Gasteiger partial charge on any atom is 0.322 e. The predicted molar refractivity (Wildman–Crippen MR) is 91.8 cm³/mol. The average molecular weight is 331 g/mol. The summed E-state index contributed by atoms with van der Waals surface area (Å²) in [5, 5.41) is 10.2. The van der Waals surface area contributed by atoms with Crippen molar-refractivity contribution in [1.82, 2.24) is 10.2 Å². The lowest BCUT2D eigenvalue weighted by molar-refractivity contribution is 0.102. The van der Waals surface area contributed by atoms with Gasteiger partial charge in [-0.1, -0.05) is 47.6 Å². The van der Waals surface area contributed by atoms with Gasteiger partial charge in [0.15, 0.2) is 5.76 Å². The third-order valence-electron chi connectivity index (χ3n) is 3.63. The summed E-state index contributed by atoms with van der Waals surface area (Å²) in [4.78, 5) is 12.3. The minimum atomic E-state index is -0.325. The lowest BCUT2D eigenvalue weighted by atomic mass is 10.0. The van der Waals surface area contributed by atoms with E-state index < -0.39 is 0 Å². The maximum atomic E-state index is 12.3. The van der Waals surface area contributed by atoms with E-state index >= 15 is 0 Å². The number of anilines is 1. The van der Waals surface area contributed by atoms with Gasteiger partial charge in [-0.25, -0.2) is 0 Å². The monoisotopic (exact) mass is 331 g/mol. The van der Waals surface area contributed by atoms with E-state index in [2.05, 4.69) is 15.5 Å². The molecule has 122 valence electrons. The molecule has 1 N–H and O–H groups in total. The van der Waals surface area contributed by atoms with E-state index in [9.17, 15) is 4.79 Å². The minimum absolute atomic E-state index is 0.0172. The van der Waals surface area contributed by atoms with Crippen molar-refractivity contribution < 1.29 is 13.6 Å². The second kappa shape index (κ2) is 6.45. The zero-order chi connectivity index (χ0) is 17.1. The van der Waals surface area contributed by atoms with Gasteiger partial charge < -0.3 is 8.83 Å². The van der Waals surface area contributed by atoms with Gasteiger partial charge >= 0.3 is 6.01 Å². The molecule has 2 heterocycles. The molecule has 0 spiro atoms. The summed E-state index contributed by atoms with van der Waals surface area (Å²) in [6.07, 6.45) is 1.51. The standard InChI is InChI=1S/C19H13N3O3/c23-17(20-19-22-21-18(25-19)16-7-4-12-24-16)15-10-8-14(9-11-15)13-5-2-1-3-6-13/h1-12H,(H,20,22,23). The van der Waals surface area contributed by atoms with Gasteiger partial charge in [-0.05, 0) is 35.4 Å². The number of hydrogen-bond donors (Lipinski definition) is 1. The van der Waals surface area contributed by atoms with Gasteiger partial charge in [-0.15, -0.1) is 5.10 Å². The first-order valence-corrected chi connectivity index (χ1v) is 7.64. The molecule has 0 saturated carbocycles. The molecule has 0 aliphatic heterocycles. The maximum absolute atomic E-state index is 12.3. The van der Waals surface area contributed by atoms with E-state index in [-0.39, 0.29) is 17.8 Å². The average Bonchev–Trinajstić information content (AvgIpc) is 3.34. The molecule has 0 atom stereocenters. The summed E-state index contributed by atoms with van der Waals surface area (Å²) in [6, 6.07) is 20.7. The van der Waals surface area contributed by atoms with Crippen molar-refractivity contribution in [1.29, 1.82) is 0 Å². The SMILES string of the molecule is O=C(Nc1nnc(-c2ccco2)o1)c1ccc(-c2ccccc2)cc1. The van der Waals surface area contributed by atoms with Crippen LogP contribution in [0.25, 0.3) is 22.8 Å². The highest BCUT2D eigenvalue weighted by Gasteiger charge is 2.14. The van der Waals surface area contributed by atoms with Crippen LogP contribution in [-0.4, -0.2) is 16.1 Å². The second-order valence-corrected chi connectivity index (χ2v) is 5.29. The summed E-state index contributed by atoms with van der Waals surface area (Å²) in [5.41, 5.74) is 2.63. The molecule has 0 fully saturated rings. The first kappa shape index (κ1) is 14.9. The van der Waals surface area contributed by atoms with Gasteiger partial charge in [-0.2, -0.15) is 0 Å². The smallest absolute Gasteiger partial charge is 0.322 e. The molecule has 6 nitrogen and oxygen atoms in total. The largest absolute Gasteiger partial charge is 0.459 e. The quantitative estimate of drug-likeness (QED) is 0.604. The fourth-order valence-corrected chi connectivity index (χ4v) is 2.39. The Labute approximate surface area is 143 Å². The van der Waals surface area contributed by atoms with Crippen molar-refractivity contribution >= 4 is 11.9 Å². The van der Waals surface area contributed by atoms with E-state index in [1.807, 2.05) is 42.5 Å². The molecular weight excluding hydrogens is 318 g/mol. The molecule has 0 aliphatic carbocycles. The van der Waals surface area contributed by atoms with Crippen molar-refractivity contribution in [2.75, 3.05) is 5.32 Å². The number of hydrogen-bond acceptors (Lipinski definition) is 5. The molecular formula is C19H13N3O3. The fourth-order valence-electron chi connectivity index (χ4n) is 2.39. The number of aromatic nitrogens is 2. The van der Waals surface area contributed by atoms with Crippen LogP contribution in [0.4, 0.5) is 6.01 Å². The van der Waals surface area contributed by atoms with Crippen LogP contribution in [0.5, 0.6) is 0 Å². The highest BCUT2D eigenvalue weighted by Crippen LogP contribution is 2.21. The van der Waals surface area contributed by atoms with Crippen LogP contribution in [0.3, 0.4) is 0 Å². The van der Waals surface area contributed by atoms with Crippen LogP contribution in [0.15, 0.2) is 81.8 Å². The molecule has 4 rings (SSSR count). The number of nitrogens with one attached hydrogen (secondary N) is 1. The topological polar surface area (TPSA) is 81.2 Å². The Hall–Kier alpha value is -3.67. The molecule has 25 heavy (non-hydrogen) atoms. The molecule has 2 aromatic carbocycles. The second-order valence-electron chi connectivity index (χ2n) is 5.29. The van der Waals surface area contributed by atoms with Crippen molar-refractivity contribution in [2.24, 2.45) is 0 Å². The Morgan fingerprint density at radius 2 is 1.60 bits per heavy atom. The van der Waals surface area contributed by atoms with E-state index in [0.717, 1.165) is 11.1 Å². The first-order chi connectivity index (χ1) is 12.3. The van der Waals surface area contributed by atoms with Crippen LogP contribution in [0.1, 0.15) is 10.4 Å². The number of rotatable bonds is 4. The van der Waals surface area contributed by atoms with E-state index in [1.54, 1.807) is 24.3 Å². The molecule has 0 saturated heterocycles. The molecule has 0 bridgehead atoms. The van der Waals surface area contributed by atoms with Gasteiger partial charge in [0.25, 0.3) is 11.8 Å². The minimum Gasteiger partial charge on any atom is -0.459 e.